The molecular weight excluding hydrogens is 446 g/mol. The van der Waals surface area contributed by atoms with Gasteiger partial charge in [-0.3, -0.25) is 0 Å². The lowest BCUT2D eigenvalue weighted by atomic mass is 10.3. The predicted octanol–water partition coefficient (Wildman–Crippen LogP) is 5.33. The normalized spacial score (nSPS) is 13.9. The Morgan fingerprint density at radius 2 is 1.78 bits per heavy atom. The minimum absolute atomic E-state index is 0.165. The third-order valence-corrected chi connectivity index (χ3v) is 7.02. The summed E-state index contributed by atoms with van der Waals surface area (Å²) in [4.78, 5) is 13.7. The van der Waals surface area contributed by atoms with Crippen molar-refractivity contribution in [1.82, 2.24) is 15.0 Å². The van der Waals surface area contributed by atoms with Crippen LogP contribution < -0.4 is 10.6 Å². The van der Waals surface area contributed by atoms with Crippen LogP contribution in [-0.4, -0.2) is 35.2 Å². The van der Waals surface area contributed by atoms with Crippen LogP contribution in [0.2, 0.25) is 5.15 Å². The Kier molecular flexibility index (Phi) is 6.62. The highest BCUT2D eigenvalue weighted by Crippen LogP contribution is 2.33. The quantitative estimate of drug-likeness (QED) is 0.407. The average molecular weight is 472 g/mol. The maximum absolute atomic E-state index is 12.7. The van der Waals surface area contributed by atoms with Crippen molar-refractivity contribution in [3.8, 4) is 11.5 Å². The first-order valence-corrected chi connectivity index (χ1v) is 12.7. The summed E-state index contributed by atoms with van der Waals surface area (Å²) >= 11 is 6.04. The van der Waals surface area contributed by atoms with E-state index < -0.39 is 9.84 Å². The number of sulfone groups is 1. The highest BCUT2D eigenvalue weighted by Gasteiger charge is 2.25. The van der Waals surface area contributed by atoms with Gasteiger partial charge in [0.25, 0.3) is 0 Å². The number of pyridine rings is 1. The fraction of sp³-hybridized carbons (Fsp3) is 0.348. The van der Waals surface area contributed by atoms with Gasteiger partial charge in [-0.15, -0.1) is 0 Å². The first kappa shape index (κ1) is 22.5. The molecule has 7 nitrogen and oxygen atoms in total. The van der Waals surface area contributed by atoms with Gasteiger partial charge in [0.2, 0.25) is 0 Å². The molecule has 0 aliphatic heterocycles. The van der Waals surface area contributed by atoms with Gasteiger partial charge in [0.1, 0.15) is 22.5 Å². The zero-order chi connectivity index (χ0) is 22.7. The van der Waals surface area contributed by atoms with Gasteiger partial charge in [-0.25, -0.2) is 23.4 Å². The predicted molar refractivity (Wildman–Crippen MR) is 128 cm³/mol. The molecule has 0 atom stereocenters. The van der Waals surface area contributed by atoms with Gasteiger partial charge >= 0.3 is 0 Å². The zero-order valence-corrected chi connectivity index (χ0v) is 19.6. The summed E-state index contributed by atoms with van der Waals surface area (Å²) in [5, 5.41) is 6.85. The van der Waals surface area contributed by atoms with E-state index in [-0.39, 0.29) is 11.8 Å². The van der Waals surface area contributed by atoms with Crippen molar-refractivity contribution in [3.05, 3.63) is 53.7 Å². The van der Waals surface area contributed by atoms with E-state index in [0.29, 0.717) is 44.8 Å². The molecule has 168 valence electrons. The van der Waals surface area contributed by atoms with Crippen molar-refractivity contribution in [1.29, 1.82) is 0 Å². The van der Waals surface area contributed by atoms with Crippen LogP contribution in [0.3, 0.4) is 0 Å². The van der Waals surface area contributed by atoms with Gasteiger partial charge in [0.15, 0.2) is 15.7 Å². The third-order valence-electron chi connectivity index (χ3n) is 5.06. The number of nitrogens with zero attached hydrogens (tertiary/aromatic N) is 3. The summed E-state index contributed by atoms with van der Waals surface area (Å²) in [5.41, 5.74) is 1.18. The standard InChI is InChI=1S/C23H26ClN5O2S/c1-15(2)25-21-14-22(29-23(28-21)19-7-4-8-20(24)27-19)26-17-5-3-6-18(13-17)32(30,31)12-11-16-9-10-16/h3-8,13-16H,9-12H2,1-2H3,(H2,25,26,28,29). The maximum Gasteiger partial charge on any atom is 0.182 e. The van der Waals surface area contributed by atoms with Crippen molar-refractivity contribution in [2.45, 2.75) is 44.0 Å². The zero-order valence-electron chi connectivity index (χ0n) is 18.0. The fourth-order valence-electron chi connectivity index (χ4n) is 3.29. The van der Waals surface area contributed by atoms with E-state index in [4.69, 9.17) is 11.6 Å². The van der Waals surface area contributed by atoms with E-state index >= 15 is 0 Å². The summed E-state index contributed by atoms with van der Waals surface area (Å²) < 4.78 is 25.5. The first-order valence-electron chi connectivity index (χ1n) is 10.7. The Labute approximate surface area is 193 Å². The van der Waals surface area contributed by atoms with Crippen LogP contribution in [0.25, 0.3) is 11.5 Å². The molecule has 0 saturated heterocycles. The summed E-state index contributed by atoms with van der Waals surface area (Å²) in [5.74, 6) is 2.31. The van der Waals surface area contributed by atoms with Crippen LogP contribution >= 0.6 is 11.6 Å². The molecule has 2 heterocycles. The molecule has 2 aromatic heterocycles. The van der Waals surface area contributed by atoms with E-state index in [9.17, 15) is 8.42 Å². The molecular formula is C23H26ClN5O2S. The van der Waals surface area contributed by atoms with Crippen molar-refractivity contribution < 1.29 is 8.42 Å². The number of anilines is 3. The summed E-state index contributed by atoms with van der Waals surface area (Å²) in [6, 6.07) is 14.1. The fourth-order valence-corrected chi connectivity index (χ4v) is 4.93. The van der Waals surface area contributed by atoms with Gasteiger partial charge in [-0.05, 0) is 56.5 Å². The Hall–Kier alpha value is -2.71. The van der Waals surface area contributed by atoms with Gasteiger partial charge in [-0.2, -0.15) is 0 Å². The summed E-state index contributed by atoms with van der Waals surface area (Å²) in [6.45, 7) is 4.03. The molecule has 1 aliphatic carbocycles. The highest BCUT2D eigenvalue weighted by molar-refractivity contribution is 7.91. The van der Waals surface area contributed by atoms with Crippen LogP contribution in [0.15, 0.2) is 53.4 Å². The first-order chi connectivity index (χ1) is 15.3. The minimum Gasteiger partial charge on any atom is -0.368 e. The second-order valence-corrected chi connectivity index (χ2v) is 10.8. The maximum atomic E-state index is 12.7. The smallest absolute Gasteiger partial charge is 0.182 e. The SMILES string of the molecule is CC(C)Nc1cc(Nc2cccc(S(=O)(=O)CCC3CC3)c2)nc(-c2cccc(Cl)n2)n1. The van der Waals surface area contributed by atoms with E-state index in [1.165, 1.54) is 0 Å². The Balaban J connectivity index is 1.62. The minimum atomic E-state index is -3.32. The van der Waals surface area contributed by atoms with Gasteiger partial charge in [-0.1, -0.05) is 36.6 Å². The van der Waals surface area contributed by atoms with Crippen LogP contribution in [0.5, 0.6) is 0 Å². The molecule has 1 aliphatic rings. The van der Waals surface area contributed by atoms with Gasteiger partial charge in [0.05, 0.1) is 10.6 Å². The molecule has 2 N–H and O–H groups in total. The number of hydrogen-bond donors (Lipinski definition) is 2. The van der Waals surface area contributed by atoms with E-state index in [2.05, 4.69) is 25.6 Å². The topological polar surface area (TPSA) is 96.9 Å². The molecule has 0 radical (unpaired) electrons. The average Bonchev–Trinajstić information content (AvgIpc) is 3.57. The second kappa shape index (κ2) is 9.42. The number of halogens is 1. The molecule has 9 heteroatoms. The molecule has 1 fully saturated rings. The van der Waals surface area contributed by atoms with Crippen molar-refractivity contribution >= 4 is 38.8 Å². The largest absolute Gasteiger partial charge is 0.368 e. The monoisotopic (exact) mass is 471 g/mol. The van der Waals surface area contributed by atoms with Crippen LogP contribution in [0, 0.1) is 5.92 Å². The molecule has 1 aromatic carbocycles. The van der Waals surface area contributed by atoms with Crippen molar-refractivity contribution in [2.75, 3.05) is 16.4 Å². The Morgan fingerprint density at radius 1 is 1.03 bits per heavy atom. The van der Waals surface area contributed by atoms with Crippen LogP contribution in [0.4, 0.5) is 17.3 Å². The molecule has 0 amide bonds. The summed E-state index contributed by atoms with van der Waals surface area (Å²) in [7, 11) is -3.32. The molecule has 0 unspecified atom stereocenters. The lowest BCUT2D eigenvalue weighted by Crippen LogP contribution is -2.12. The second-order valence-electron chi connectivity index (χ2n) is 8.31. The number of nitrogens with one attached hydrogen (secondary N) is 2. The number of aromatic nitrogens is 3. The van der Waals surface area contributed by atoms with E-state index in [0.717, 1.165) is 19.3 Å². The Morgan fingerprint density at radius 3 is 2.50 bits per heavy atom. The van der Waals surface area contributed by atoms with E-state index in [1.54, 1.807) is 42.5 Å². The highest BCUT2D eigenvalue weighted by atomic mass is 35.5. The van der Waals surface area contributed by atoms with Gasteiger partial charge in [0, 0.05) is 17.8 Å². The lowest BCUT2D eigenvalue weighted by Gasteiger charge is -2.14. The molecule has 3 aromatic rings. The van der Waals surface area contributed by atoms with Crippen LogP contribution in [-0.2, 0) is 9.84 Å². The molecule has 4 rings (SSSR count). The number of benzene rings is 1. The van der Waals surface area contributed by atoms with Gasteiger partial charge < -0.3 is 10.6 Å². The van der Waals surface area contributed by atoms with Crippen molar-refractivity contribution in [3.63, 3.8) is 0 Å². The third kappa shape index (κ3) is 5.95. The number of hydrogen-bond acceptors (Lipinski definition) is 7. The van der Waals surface area contributed by atoms with Crippen LogP contribution in [0.1, 0.15) is 33.1 Å². The van der Waals surface area contributed by atoms with Crippen molar-refractivity contribution in [2.24, 2.45) is 5.92 Å². The molecule has 0 spiro atoms. The number of rotatable bonds is 9. The summed E-state index contributed by atoms with van der Waals surface area (Å²) in [6.07, 6.45) is 3.01. The molecule has 32 heavy (non-hydrogen) atoms. The molecule has 0 bridgehead atoms. The Bertz CT molecular complexity index is 1210. The lowest BCUT2D eigenvalue weighted by molar-refractivity contribution is 0.590. The molecule has 1 saturated carbocycles. The van der Waals surface area contributed by atoms with E-state index in [1.807, 2.05) is 19.9 Å².